The molecule has 36 nitrogen and oxygen atoms in total. The SMILES string of the molecule is CCCCCCCCCCCCCCCC(=O)OCC(COP(=O)(OCOC(C)=O)OC1[C@H](O)[C@H](OP(=O)(OCOC(C)=O)OCOC(C)=O)C(OP(=O)(OCOC(C)=O)OCOC(C)=O)[C@H](OP(=O)(OCOC(C)=O)OCOC(C)=O)[C@H]1O)OC(=O)CCCCCCCCCCCCCCC. The second-order valence-electron chi connectivity index (χ2n) is 23.3. The van der Waals surface area contributed by atoms with E-state index < -0.39 is 189 Å². The molecule has 0 heterocycles. The highest BCUT2D eigenvalue weighted by Crippen LogP contribution is 2.61. The minimum Gasteiger partial charge on any atom is -0.462 e. The highest BCUT2D eigenvalue weighted by molar-refractivity contribution is 7.49. The highest BCUT2D eigenvalue weighted by atomic mass is 31.2. The van der Waals surface area contributed by atoms with E-state index in [0.717, 1.165) is 113 Å². The van der Waals surface area contributed by atoms with E-state index >= 15 is 4.57 Å². The molecule has 1 rings (SSSR count). The summed E-state index contributed by atoms with van der Waals surface area (Å²) in [6, 6.07) is 0. The second kappa shape index (κ2) is 56.0. The lowest BCUT2D eigenvalue weighted by Crippen LogP contribution is -2.65. The number of carbonyl (C=O) groups is 9. The number of ether oxygens (including phenoxy) is 9. The molecule has 2 N–H and O–H groups in total. The third-order valence-corrected chi connectivity index (χ3v) is 19.8. The van der Waals surface area contributed by atoms with Crippen LogP contribution in [0.2, 0.25) is 0 Å². The quantitative estimate of drug-likeness (QED) is 0.0188. The number of unbranched alkanes of at least 4 members (excludes halogenated alkanes) is 24. The molecule has 8 atom stereocenters. The summed E-state index contributed by atoms with van der Waals surface area (Å²) in [5, 5.41) is 25.1. The fourth-order valence-corrected chi connectivity index (χ4v) is 13.8. The fourth-order valence-electron chi connectivity index (χ4n) is 9.21. The van der Waals surface area contributed by atoms with Crippen LogP contribution in [-0.2, 0) is 158 Å². The Bertz CT molecular complexity index is 2480. The van der Waals surface area contributed by atoms with E-state index in [1.807, 2.05) is 0 Å². The monoisotopic (exact) mass is 1550 g/mol. The van der Waals surface area contributed by atoms with Crippen LogP contribution in [0.1, 0.15) is 242 Å². The van der Waals surface area contributed by atoms with Crippen molar-refractivity contribution >= 4 is 85.0 Å². The molecule has 0 saturated heterocycles. The van der Waals surface area contributed by atoms with Crippen molar-refractivity contribution < 1.29 is 169 Å². The van der Waals surface area contributed by atoms with Crippen LogP contribution in [-0.4, -0.2) is 167 Å². The van der Waals surface area contributed by atoms with Gasteiger partial charge in [-0.05, 0) is 12.8 Å². The van der Waals surface area contributed by atoms with Gasteiger partial charge < -0.3 is 52.8 Å². The first-order valence-corrected chi connectivity index (χ1v) is 40.2. The first kappa shape index (κ1) is 95.6. The molecule has 1 aliphatic rings. The van der Waals surface area contributed by atoms with Crippen LogP contribution >= 0.6 is 31.3 Å². The van der Waals surface area contributed by atoms with Gasteiger partial charge in [0.1, 0.15) is 43.2 Å². The minimum absolute atomic E-state index is 0.0564. The summed E-state index contributed by atoms with van der Waals surface area (Å²) < 4.78 is 168. The average Bonchev–Trinajstić information content (AvgIpc) is 0.752. The van der Waals surface area contributed by atoms with E-state index in [-0.39, 0.29) is 12.8 Å². The zero-order valence-corrected chi connectivity index (χ0v) is 63.8. The maximum absolute atomic E-state index is 15.3. The Hall–Kier alpha value is -4.41. The smallest absolute Gasteiger partial charge is 0.462 e. The van der Waals surface area contributed by atoms with Crippen molar-refractivity contribution in [1.29, 1.82) is 0 Å². The van der Waals surface area contributed by atoms with Gasteiger partial charge in [0.05, 0.1) is 6.61 Å². The van der Waals surface area contributed by atoms with Crippen molar-refractivity contribution in [3.05, 3.63) is 0 Å². The first-order valence-electron chi connectivity index (χ1n) is 34.3. The lowest BCUT2D eigenvalue weighted by atomic mass is 9.85. The summed E-state index contributed by atoms with van der Waals surface area (Å²) in [6.07, 6.45) is 7.14. The minimum atomic E-state index is -5.81. The molecule has 0 spiro atoms. The highest BCUT2D eigenvalue weighted by Gasteiger charge is 2.61. The van der Waals surface area contributed by atoms with Crippen molar-refractivity contribution in [2.75, 3.05) is 60.8 Å². The Morgan fingerprint density at radius 3 is 0.775 bits per heavy atom. The van der Waals surface area contributed by atoms with Crippen LogP contribution < -0.4 is 0 Å². The predicted molar refractivity (Wildman–Crippen MR) is 353 cm³/mol. The van der Waals surface area contributed by atoms with E-state index in [1.54, 1.807) is 0 Å². The second-order valence-corrected chi connectivity index (χ2v) is 29.8. The van der Waals surface area contributed by atoms with Gasteiger partial charge in [-0.3, -0.25) is 65.8 Å². The molecular weight excluding hydrogens is 1440 g/mol. The van der Waals surface area contributed by atoms with Crippen LogP contribution in [0.3, 0.4) is 0 Å². The third kappa shape index (κ3) is 47.9. The number of carbonyl (C=O) groups excluding carboxylic acids is 9. The number of rotatable bonds is 63. The molecule has 0 amide bonds. The van der Waals surface area contributed by atoms with Crippen LogP contribution in [0.4, 0.5) is 0 Å². The summed E-state index contributed by atoms with van der Waals surface area (Å²) >= 11 is 0. The maximum atomic E-state index is 15.3. The molecular formula is C62H110O36P4. The fraction of sp³-hybridized carbons (Fsp3) is 0.855. The van der Waals surface area contributed by atoms with Crippen molar-refractivity contribution in [2.45, 2.75) is 285 Å². The summed E-state index contributed by atoms with van der Waals surface area (Å²) in [5.41, 5.74) is 0. The van der Waals surface area contributed by atoms with E-state index in [1.165, 1.54) is 77.0 Å². The topological polar surface area (TPSA) is 456 Å². The Balaban J connectivity index is 4.11. The van der Waals surface area contributed by atoms with Gasteiger partial charge in [0.2, 0.25) is 47.6 Å². The molecule has 0 bridgehead atoms. The number of aliphatic hydroxyl groups excluding tert-OH is 2. The first-order chi connectivity index (χ1) is 48.4. The Kier molecular flexibility index (Phi) is 52.4. The Labute approximate surface area is 597 Å². The molecule has 102 heavy (non-hydrogen) atoms. The lowest BCUT2D eigenvalue weighted by Gasteiger charge is -2.47. The maximum Gasteiger partial charge on any atom is 0.481 e. The zero-order chi connectivity index (χ0) is 76.2. The van der Waals surface area contributed by atoms with Crippen LogP contribution in [0.5, 0.6) is 0 Å². The number of esters is 9. The van der Waals surface area contributed by atoms with Gasteiger partial charge >= 0.3 is 85.0 Å². The van der Waals surface area contributed by atoms with Gasteiger partial charge in [-0.1, -0.05) is 168 Å². The molecule has 0 aromatic rings. The third-order valence-electron chi connectivity index (χ3n) is 14.4. The van der Waals surface area contributed by atoms with Crippen molar-refractivity contribution in [3.8, 4) is 0 Å². The van der Waals surface area contributed by atoms with Crippen molar-refractivity contribution in [3.63, 3.8) is 0 Å². The number of aliphatic hydroxyl groups is 2. The molecule has 4 unspecified atom stereocenters. The van der Waals surface area contributed by atoms with E-state index in [9.17, 15) is 67.1 Å². The molecule has 0 aliphatic heterocycles. The molecule has 0 aromatic heterocycles. The molecule has 1 aliphatic carbocycles. The van der Waals surface area contributed by atoms with Gasteiger partial charge in [-0.25, -0.2) is 49.9 Å². The number of phosphoric acid groups is 4. The normalized spacial score (nSPS) is 17.9. The van der Waals surface area contributed by atoms with E-state index in [2.05, 4.69) is 13.8 Å². The number of hydrogen-bond donors (Lipinski definition) is 2. The molecule has 40 heteroatoms. The zero-order valence-electron chi connectivity index (χ0n) is 60.3. The Morgan fingerprint density at radius 1 is 0.284 bits per heavy atom. The molecule has 1 saturated carbocycles. The predicted octanol–water partition coefficient (Wildman–Crippen LogP) is 11.9. The molecule has 0 aromatic carbocycles. The van der Waals surface area contributed by atoms with Crippen molar-refractivity contribution in [1.82, 2.24) is 0 Å². The van der Waals surface area contributed by atoms with Gasteiger partial charge in [0.25, 0.3) is 0 Å². The number of hydrogen-bond acceptors (Lipinski definition) is 36. The van der Waals surface area contributed by atoms with Crippen molar-refractivity contribution in [2.24, 2.45) is 0 Å². The average molecular weight is 1560 g/mol. The van der Waals surface area contributed by atoms with Gasteiger partial charge in [-0.15, -0.1) is 0 Å². The van der Waals surface area contributed by atoms with Crippen LogP contribution in [0, 0.1) is 0 Å². The van der Waals surface area contributed by atoms with Gasteiger partial charge in [0, 0.05) is 61.3 Å². The standard InChI is InChI=1S/C62H110O36P4/c1-10-12-14-16-18-20-22-24-26-28-30-32-34-36-55(70)78-38-54(94-56(71)37-35-33-31-29-27-25-23-21-19-17-15-13-11-2)39-86-99(74,87-40-79-47(3)63)95-59-57(72)60(96-100(75,88-41-80-48(4)64)89-42-81-49(5)65)62(98-102(77,92-45-84-52(8)68)93-46-85-53(9)69)61(58(59)73)97-101(76,90-43-82-50(6)66)91-44-83-51(7)67/h54,57-62,72-73H,10-46H2,1-9H3/t54?,57-,58-,59?,60-,61+,62?,99?/m0/s1. The van der Waals surface area contributed by atoms with E-state index in [4.69, 9.17) is 96.9 Å². The van der Waals surface area contributed by atoms with Gasteiger partial charge in [-0.2, -0.15) is 0 Å². The number of phosphoric ester groups is 4. The van der Waals surface area contributed by atoms with Crippen LogP contribution in [0.25, 0.3) is 0 Å². The largest absolute Gasteiger partial charge is 0.481 e. The summed E-state index contributed by atoms with van der Waals surface area (Å²) in [5.74, 6) is -9.23. The molecule has 1 fully saturated rings. The summed E-state index contributed by atoms with van der Waals surface area (Å²) in [6.45, 7) is -1.15. The van der Waals surface area contributed by atoms with Gasteiger partial charge in [0.15, 0.2) is 6.10 Å². The van der Waals surface area contributed by atoms with E-state index in [0.29, 0.717) is 25.7 Å². The Morgan fingerprint density at radius 2 is 0.510 bits per heavy atom. The lowest BCUT2D eigenvalue weighted by molar-refractivity contribution is -0.218. The molecule has 0 radical (unpaired) electrons. The summed E-state index contributed by atoms with van der Waals surface area (Å²) in [4.78, 5) is 110. The van der Waals surface area contributed by atoms with Crippen LogP contribution in [0.15, 0.2) is 0 Å². The summed E-state index contributed by atoms with van der Waals surface area (Å²) in [7, 11) is -23.2. The molecule has 594 valence electrons.